The molecule has 0 aromatic rings. The van der Waals surface area contributed by atoms with Crippen molar-refractivity contribution < 1.29 is 19.8 Å². The van der Waals surface area contributed by atoms with Crippen LogP contribution in [0.1, 0.15) is 59.8 Å². The second-order valence-electron chi connectivity index (χ2n) is 8.22. The summed E-state index contributed by atoms with van der Waals surface area (Å²) < 4.78 is 0. The normalized spacial score (nSPS) is 24.1. The monoisotopic (exact) mass is 328 g/mol. The zero-order valence-electron chi connectivity index (χ0n) is 14.7. The predicted molar refractivity (Wildman–Crippen MR) is 88.7 cm³/mol. The van der Waals surface area contributed by atoms with E-state index in [1.807, 2.05) is 0 Å². The maximum atomic E-state index is 10.9. The molecule has 23 heavy (non-hydrogen) atoms. The number of carbonyl (C=O) groups is 2. The summed E-state index contributed by atoms with van der Waals surface area (Å²) in [6.45, 7) is 9.12. The largest absolute Gasteiger partial charge is 0.481 e. The highest BCUT2D eigenvalue weighted by Crippen LogP contribution is 2.55. The molecule has 0 saturated heterocycles. The Morgan fingerprint density at radius 2 is 1.83 bits per heavy atom. The van der Waals surface area contributed by atoms with Crippen LogP contribution in [-0.2, 0) is 9.59 Å². The molecule has 1 saturated carbocycles. The van der Waals surface area contributed by atoms with E-state index in [-0.39, 0.29) is 17.3 Å². The Kier molecular flexibility index (Phi) is 6.74. The number of hydrogen-bond acceptors (Lipinski definition) is 5. The third-order valence-electron chi connectivity index (χ3n) is 5.44. The lowest BCUT2D eigenvalue weighted by Gasteiger charge is -2.36. The van der Waals surface area contributed by atoms with Crippen molar-refractivity contribution in [1.82, 2.24) is 5.32 Å². The first-order chi connectivity index (χ1) is 10.5. The standard InChI is InChI=1S/C17H32N2O4/c1-16(2)7-8-17(3,4)13(16)6-5-12(18)15(23)19-11(10-20)9-14(21)22/h10-13,15,19,23H,5-9,18H2,1-4H3,(H,21,22)/t11-,12?,15?/m0/s1. The number of aliphatic carboxylic acids is 1. The number of hydrogen-bond donors (Lipinski definition) is 4. The SMILES string of the molecule is CC1(C)CCC(C)(C)C1CCC(N)C(O)N[C@H](C=O)CC(=O)O. The van der Waals surface area contributed by atoms with Crippen LogP contribution in [-0.4, -0.2) is 40.8 Å². The van der Waals surface area contributed by atoms with Gasteiger partial charge in [0.05, 0.1) is 12.5 Å². The fraction of sp³-hybridized carbons (Fsp3) is 0.882. The van der Waals surface area contributed by atoms with E-state index in [2.05, 4.69) is 33.0 Å². The summed E-state index contributed by atoms with van der Waals surface area (Å²) in [6.07, 6.45) is 2.95. The van der Waals surface area contributed by atoms with Crippen molar-refractivity contribution in [3.63, 3.8) is 0 Å². The molecule has 0 radical (unpaired) electrons. The summed E-state index contributed by atoms with van der Waals surface area (Å²) in [4.78, 5) is 21.5. The van der Waals surface area contributed by atoms with E-state index < -0.39 is 24.3 Å². The number of aliphatic hydroxyl groups is 1. The van der Waals surface area contributed by atoms with Crippen molar-refractivity contribution in [2.45, 2.75) is 78.1 Å². The molecule has 1 fully saturated rings. The van der Waals surface area contributed by atoms with Gasteiger partial charge >= 0.3 is 5.97 Å². The van der Waals surface area contributed by atoms with Crippen molar-refractivity contribution >= 4 is 12.3 Å². The van der Waals surface area contributed by atoms with Gasteiger partial charge in [0.1, 0.15) is 12.5 Å². The Bertz CT molecular complexity index is 407. The van der Waals surface area contributed by atoms with Crippen LogP contribution in [0.15, 0.2) is 0 Å². The van der Waals surface area contributed by atoms with E-state index in [9.17, 15) is 14.7 Å². The molecule has 1 rings (SSSR count). The third-order valence-corrected chi connectivity index (χ3v) is 5.44. The van der Waals surface area contributed by atoms with Gasteiger partial charge in [0, 0.05) is 6.04 Å². The maximum Gasteiger partial charge on any atom is 0.305 e. The number of nitrogens with two attached hydrogens (primary N) is 1. The van der Waals surface area contributed by atoms with E-state index in [0.29, 0.717) is 18.6 Å². The number of carbonyl (C=O) groups excluding carboxylic acids is 1. The van der Waals surface area contributed by atoms with Gasteiger partial charge in [-0.25, -0.2) is 0 Å². The summed E-state index contributed by atoms with van der Waals surface area (Å²) in [5, 5.41) is 21.4. The number of rotatable bonds is 9. The van der Waals surface area contributed by atoms with E-state index in [1.165, 1.54) is 12.8 Å². The minimum atomic E-state index is -1.09. The predicted octanol–water partition coefficient (Wildman–Crippen LogP) is 1.51. The van der Waals surface area contributed by atoms with Gasteiger partial charge in [-0.1, -0.05) is 27.7 Å². The topological polar surface area (TPSA) is 113 Å². The van der Waals surface area contributed by atoms with Crippen LogP contribution in [0, 0.1) is 16.7 Å². The highest BCUT2D eigenvalue weighted by molar-refractivity contribution is 5.73. The Labute approximate surface area is 138 Å². The van der Waals surface area contributed by atoms with Gasteiger partial charge in [-0.05, 0) is 42.4 Å². The molecular formula is C17H32N2O4. The van der Waals surface area contributed by atoms with Crippen molar-refractivity contribution in [3.05, 3.63) is 0 Å². The van der Waals surface area contributed by atoms with Gasteiger partial charge in [-0.3, -0.25) is 10.1 Å². The first-order valence-corrected chi connectivity index (χ1v) is 8.36. The van der Waals surface area contributed by atoms with E-state index in [1.54, 1.807) is 0 Å². The summed E-state index contributed by atoms with van der Waals surface area (Å²) in [6, 6.07) is -1.45. The number of carboxylic acids is 1. The second kappa shape index (κ2) is 7.73. The van der Waals surface area contributed by atoms with Crippen LogP contribution >= 0.6 is 0 Å². The molecule has 0 bridgehead atoms. The van der Waals surface area contributed by atoms with Gasteiger partial charge in [0.25, 0.3) is 0 Å². The maximum absolute atomic E-state index is 10.9. The molecule has 0 aromatic carbocycles. The number of carboxylic acid groups (broad SMARTS) is 1. The lowest BCUT2D eigenvalue weighted by Crippen LogP contribution is -2.50. The lowest BCUT2D eigenvalue weighted by molar-refractivity contribution is -0.138. The van der Waals surface area contributed by atoms with Crippen LogP contribution in [0.4, 0.5) is 0 Å². The number of aldehydes is 1. The molecule has 0 aliphatic heterocycles. The molecule has 0 spiro atoms. The molecule has 5 N–H and O–H groups in total. The van der Waals surface area contributed by atoms with Crippen LogP contribution in [0.2, 0.25) is 0 Å². The van der Waals surface area contributed by atoms with Gasteiger partial charge in [-0.15, -0.1) is 0 Å². The Morgan fingerprint density at radius 3 is 2.26 bits per heavy atom. The van der Waals surface area contributed by atoms with Crippen molar-refractivity contribution in [2.75, 3.05) is 0 Å². The molecule has 6 nitrogen and oxygen atoms in total. The third kappa shape index (κ3) is 5.55. The highest BCUT2D eigenvalue weighted by Gasteiger charge is 2.46. The summed E-state index contributed by atoms with van der Waals surface area (Å²) >= 11 is 0. The van der Waals surface area contributed by atoms with Gasteiger partial charge in [0.2, 0.25) is 0 Å². The lowest BCUT2D eigenvalue weighted by atomic mass is 9.70. The minimum Gasteiger partial charge on any atom is -0.481 e. The van der Waals surface area contributed by atoms with E-state index in [0.717, 1.165) is 6.42 Å². The zero-order chi connectivity index (χ0) is 17.8. The Hall–Kier alpha value is -0.980. The molecule has 0 amide bonds. The molecule has 3 atom stereocenters. The first kappa shape index (κ1) is 20.1. The molecule has 1 aliphatic carbocycles. The average Bonchev–Trinajstić information content (AvgIpc) is 2.64. The number of aliphatic hydroxyl groups excluding tert-OH is 1. The summed E-state index contributed by atoms with van der Waals surface area (Å²) in [5.74, 6) is -0.570. The minimum absolute atomic E-state index is 0.260. The molecular weight excluding hydrogens is 296 g/mol. The molecule has 0 aromatic heterocycles. The van der Waals surface area contributed by atoms with Crippen molar-refractivity contribution in [1.29, 1.82) is 0 Å². The molecule has 0 heterocycles. The first-order valence-electron chi connectivity index (χ1n) is 8.36. The smallest absolute Gasteiger partial charge is 0.305 e. The van der Waals surface area contributed by atoms with Crippen LogP contribution < -0.4 is 11.1 Å². The Morgan fingerprint density at radius 1 is 1.30 bits per heavy atom. The molecule has 1 aliphatic rings. The van der Waals surface area contributed by atoms with Crippen LogP contribution in [0.25, 0.3) is 0 Å². The summed E-state index contributed by atoms with van der Waals surface area (Å²) in [5.41, 5.74) is 6.55. The Balaban J connectivity index is 2.53. The fourth-order valence-corrected chi connectivity index (χ4v) is 4.03. The van der Waals surface area contributed by atoms with E-state index >= 15 is 0 Å². The molecule has 134 valence electrons. The van der Waals surface area contributed by atoms with E-state index in [4.69, 9.17) is 10.8 Å². The number of nitrogens with one attached hydrogen (secondary N) is 1. The van der Waals surface area contributed by atoms with Gasteiger partial charge in [-0.2, -0.15) is 0 Å². The van der Waals surface area contributed by atoms with Crippen LogP contribution in [0.3, 0.4) is 0 Å². The summed E-state index contributed by atoms with van der Waals surface area (Å²) in [7, 11) is 0. The van der Waals surface area contributed by atoms with Crippen molar-refractivity contribution in [2.24, 2.45) is 22.5 Å². The fourth-order valence-electron chi connectivity index (χ4n) is 4.03. The van der Waals surface area contributed by atoms with Gasteiger partial charge < -0.3 is 20.7 Å². The average molecular weight is 328 g/mol. The van der Waals surface area contributed by atoms with Crippen molar-refractivity contribution in [3.8, 4) is 0 Å². The molecule has 2 unspecified atom stereocenters. The van der Waals surface area contributed by atoms with Crippen LogP contribution in [0.5, 0.6) is 0 Å². The zero-order valence-corrected chi connectivity index (χ0v) is 14.7. The molecule has 6 heteroatoms. The quantitative estimate of drug-likeness (QED) is 0.377. The van der Waals surface area contributed by atoms with Gasteiger partial charge in [0.15, 0.2) is 0 Å². The highest BCUT2D eigenvalue weighted by atomic mass is 16.4. The second-order valence-corrected chi connectivity index (χ2v) is 8.22.